The zero-order chi connectivity index (χ0) is 34.9. The highest BCUT2D eigenvalue weighted by Crippen LogP contribution is 2.55. The molecule has 0 spiro atoms. The van der Waals surface area contributed by atoms with Crippen molar-refractivity contribution in [3.05, 3.63) is 0 Å². The Morgan fingerprint density at radius 3 is 0.851 bits per heavy atom. The highest BCUT2D eigenvalue weighted by Gasteiger charge is 2.50. The molecule has 47 heavy (non-hydrogen) atoms. The van der Waals surface area contributed by atoms with Gasteiger partial charge in [-0.1, -0.05) is 83.1 Å². The van der Waals surface area contributed by atoms with Gasteiger partial charge in [-0.05, 0) is 35.5 Å². The zero-order valence-electron chi connectivity index (χ0n) is 30.4. The first-order chi connectivity index (χ1) is 22.1. The van der Waals surface area contributed by atoms with Gasteiger partial charge in [-0.2, -0.15) is 0 Å². The molecule has 3 aromatic heterocycles. The molecule has 3 N–H and O–H groups in total. The molecule has 0 radical (unpaired) electrons. The summed E-state index contributed by atoms with van der Waals surface area (Å²) in [5.74, 6) is 1.92. The topological polar surface area (TPSA) is 158 Å². The van der Waals surface area contributed by atoms with Gasteiger partial charge < -0.3 is 33.0 Å². The van der Waals surface area contributed by atoms with Crippen molar-refractivity contribution in [2.75, 3.05) is 39.6 Å². The van der Waals surface area contributed by atoms with Crippen LogP contribution >= 0.6 is 7.14 Å². The van der Waals surface area contributed by atoms with E-state index in [9.17, 15) is 0 Å². The van der Waals surface area contributed by atoms with Crippen LogP contribution in [0.4, 0.5) is 0 Å². The lowest BCUT2D eigenvalue weighted by Gasteiger charge is -2.23. The summed E-state index contributed by atoms with van der Waals surface area (Å²) in [7, 11) is -4.25. The van der Waals surface area contributed by atoms with Crippen molar-refractivity contribution in [1.29, 1.82) is 0 Å². The van der Waals surface area contributed by atoms with Gasteiger partial charge in [-0.3, -0.25) is 0 Å². The zero-order valence-corrected chi connectivity index (χ0v) is 31.2. The van der Waals surface area contributed by atoms with Gasteiger partial charge in [-0.15, -0.1) is 15.3 Å². The number of nitrogens with zero attached hydrogens (tertiary/aromatic N) is 3. The molecular formula is C33H57N6O7P. The number of nitrogens with one attached hydrogen (secondary N) is 3. The molecule has 3 aromatic rings. The maximum absolute atomic E-state index is 16.7. The molecule has 3 rings (SSSR count). The molecular weight excluding hydrogens is 623 g/mol. The minimum atomic E-state index is -4.25. The van der Waals surface area contributed by atoms with Crippen LogP contribution in [-0.2, 0) is 4.57 Å². The summed E-state index contributed by atoms with van der Waals surface area (Å²) in [5, 5.41) is 23.0. The molecule has 0 aromatic carbocycles. The summed E-state index contributed by atoms with van der Waals surface area (Å²) < 4.78 is 54.4. The maximum atomic E-state index is 16.7. The number of H-pyrrole nitrogens is 3. The van der Waals surface area contributed by atoms with Gasteiger partial charge >= 0.3 is 0 Å². The van der Waals surface area contributed by atoms with Crippen LogP contribution in [0.1, 0.15) is 83.1 Å². The normalized spacial score (nSPS) is 12.3. The highest BCUT2D eigenvalue weighted by molar-refractivity contribution is 7.86. The van der Waals surface area contributed by atoms with E-state index in [0.717, 1.165) is 0 Å². The summed E-state index contributed by atoms with van der Waals surface area (Å²) >= 11 is 0. The first-order valence-electron chi connectivity index (χ1n) is 16.8. The molecule has 14 heteroatoms. The van der Waals surface area contributed by atoms with Gasteiger partial charge in [-0.25, -0.2) is 15.3 Å². The molecule has 0 aliphatic carbocycles. The van der Waals surface area contributed by atoms with Crippen LogP contribution in [-0.4, -0.2) is 70.2 Å². The van der Waals surface area contributed by atoms with Gasteiger partial charge in [0.05, 0.1) is 39.6 Å². The van der Waals surface area contributed by atoms with E-state index >= 15 is 4.57 Å². The predicted molar refractivity (Wildman–Crippen MR) is 184 cm³/mol. The van der Waals surface area contributed by atoms with Crippen molar-refractivity contribution in [3.63, 3.8) is 0 Å². The number of hydrogen-bond acceptors (Lipinski definition) is 10. The fourth-order valence-corrected chi connectivity index (χ4v) is 7.20. The molecule has 0 aliphatic heterocycles. The van der Waals surface area contributed by atoms with E-state index in [0.29, 0.717) is 39.6 Å². The number of hydrogen-bond donors (Lipinski definition) is 3. The second-order valence-electron chi connectivity index (χ2n) is 14.5. The molecule has 0 aliphatic rings. The average molecular weight is 681 g/mol. The number of aromatic amines is 3. The van der Waals surface area contributed by atoms with Gasteiger partial charge in [0.25, 0.3) is 0 Å². The first kappa shape index (κ1) is 38.1. The number of aromatic nitrogens is 6. The predicted octanol–water partition coefficient (Wildman–Crippen LogP) is 5.70. The van der Waals surface area contributed by atoms with E-state index in [-0.39, 0.29) is 86.7 Å². The second-order valence-corrected chi connectivity index (χ2v) is 17.0. The van der Waals surface area contributed by atoms with Gasteiger partial charge in [0, 0.05) is 0 Å². The van der Waals surface area contributed by atoms with Crippen molar-refractivity contribution >= 4 is 23.1 Å². The molecule has 266 valence electrons. The van der Waals surface area contributed by atoms with E-state index in [4.69, 9.17) is 28.4 Å². The van der Waals surface area contributed by atoms with Gasteiger partial charge in [0.15, 0.2) is 0 Å². The quantitative estimate of drug-likeness (QED) is 0.119. The SMILES string of the molecule is CC(C)COc1n[nH]c(OCC(C)C)c1P(=O)(c1c(OCC(C)C)n[nH]c1OCC(C)C)c1c(OCC(C)C)n[nH]c1OCC(C)C. The minimum absolute atomic E-state index is 0.123. The Bertz CT molecular complexity index is 1170. The lowest BCUT2D eigenvalue weighted by Crippen LogP contribution is -2.31. The largest absolute Gasteiger partial charge is 0.477 e. The Hall–Kier alpha value is -3.34. The molecule has 0 atom stereocenters. The van der Waals surface area contributed by atoms with E-state index < -0.39 is 7.14 Å². The van der Waals surface area contributed by atoms with Crippen molar-refractivity contribution in [1.82, 2.24) is 30.6 Å². The fourth-order valence-electron chi connectivity index (χ4n) is 4.17. The molecule has 13 nitrogen and oxygen atoms in total. The third-order valence-corrected chi connectivity index (χ3v) is 9.39. The molecule has 0 saturated carbocycles. The van der Waals surface area contributed by atoms with Crippen LogP contribution < -0.4 is 44.3 Å². The summed E-state index contributed by atoms with van der Waals surface area (Å²) in [5.41, 5.74) is 0. The summed E-state index contributed by atoms with van der Waals surface area (Å²) in [6, 6.07) is 0. The second kappa shape index (κ2) is 17.2. The van der Waals surface area contributed by atoms with Crippen molar-refractivity contribution < 1.29 is 33.0 Å². The highest BCUT2D eigenvalue weighted by atomic mass is 31.2. The average Bonchev–Trinajstić information content (AvgIpc) is 3.71. The van der Waals surface area contributed by atoms with Crippen molar-refractivity contribution in [2.24, 2.45) is 35.5 Å². The Morgan fingerprint density at radius 1 is 0.426 bits per heavy atom. The Labute approximate surface area is 279 Å². The molecule has 0 amide bonds. The maximum Gasteiger partial charge on any atom is 0.248 e. The summed E-state index contributed by atoms with van der Waals surface area (Å²) in [4.78, 5) is 0. The van der Waals surface area contributed by atoms with Gasteiger partial charge in [0.2, 0.25) is 42.4 Å². The minimum Gasteiger partial charge on any atom is -0.477 e. The standard InChI is InChI=1S/C33H57N6O7P/c1-19(2)13-41-28-25(29(35-34-28)42-14-20(3)4)47(40,26-30(43-15-21(5)6)36-37-31(26)44-16-22(7)8)27-32(45-17-23(9)10)38-39-33(27)46-18-24(11)12/h19-24H,13-18H2,1-12H3,(H,34,35)(H,36,37)(H,38,39). The third kappa shape index (κ3) is 10.1. The van der Waals surface area contributed by atoms with Crippen LogP contribution in [0, 0.1) is 35.5 Å². The monoisotopic (exact) mass is 680 g/mol. The van der Waals surface area contributed by atoms with Crippen molar-refractivity contribution in [2.45, 2.75) is 83.1 Å². The van der Waals surface area contributed by atoms with Crippen LogP contribution in [0.25, 0.3) is 0 Å². The molecule has 0 fully saturated rings. The van der Waals surface area contributed by atoms with Crippen LogP contribution in [0.2, 0.25) is 0 Å². The Kier molecular flexibility index (Phi) is 13.9. The fraction of sp³-hybridized carbons (Fsp3) is 0.727. The smallest absolute Gasteiger partial charge is 0.248 e. The molecule has 0 saturated heterocycles. The van der Waals surface area contributed by atoms with Crippen LogP contribution in [0.15, 0.2) is 0 Å². The van der Waals surface area contributed by atoms with E-state index in [1.54, 1.807) is 0 Å². The van der Waals surface area contributed by atoms with E-state index in [1.807, 2.05) is 83.1 Å². The lowest BCUT2D eigenvalue weighted by atomic mass is 10.2. The molecule has 0 bridgehead atoms. The van der Waals surface area contributed by atoms with Crippen LogP contribution in [0.5, 0.6) is 35.3 Å². The van der Waals surface area contributed by atoms with Gasteiger partial charge in [0.1, 0.15) is 15.9 Å². The Morgan fingerprint density at radius 2 is 0.638 bits per heavy atom. The molecule has 0 unspecified atom stereocenters. The first-order valence-corrected chi connectivity index (χ1v) is 18.5. The van der Waals surface area contributed by atoms with E-state index in [1.165, 1.54) is 0 Å². The number of ether oxygens (including phenoxy) is 6. The summed E-state index contributed by atoms with van der Waals surface area (Å²) in [6.07, 6.45) is 0. The lowest BCUT2D eigenvalue weighted by molar-refractivity contribution is 0.260. The van der Waals surface area contributed by atoms with Crippen molar-refractivity contribution in [3.8, 4) is 35.3 Å². The number of rotatable bonds is 21. The van der Waals surface area contributed by atoms with E-state index in [2.05, 4.69) is 30.6 Å². The summed E-state index contributed by atoms with van der Waals surface area (Å²) in [6.45, 7) is 26.3. The van der Waals surface area contributed by atoms with Crippen LogP contribution in [0.3, 0.4) is 0 Å². The Balaban J connectivity index is 2.50. The molecule has 3 heterocycles. The third-order valence-electron chi connectivity index (χ3n) is 6.32.